The van der Waals surface area contributed by atoms with Gasteiger partial charge in [-0.3, -0.25) is 14.4 Å². The van der Waals surface area contributed by atoms with E-state index in [1.807, 2.05) is 18.2 Å². The first-order valence-electron chi connectivity index (χ1n) is 11.5. The summed E-state index contributed by atoms with van der Waals surface area (Å²) in [4.78, 5) is 40.3. The number of rotatable bonds is 4. The van der Waals surface area contributed by atoms with E-state index in [4.69, 9.17) is 0 Å². The van der Waals surface area contributed by atoms with Crippen molar-refractivity contribution in [1.82, 2.24) is 0 Å². The summed E-state index contributed by atoms with van der Waals surface area (Å²) in [5.41, 5.74) is 1.48. The molecule has 32 heavy (non-hydrogen) atoms. The smallest absolute Gasteiger partial charge is 0.238 e. The summed E-state index contributed by atoms with van der Waals surface area (Å²) in [5.74, 6) is -0.548. The Morgan fingerprint density at radius 1 is 0.875 bits per heavy atom. The number of hydrogen-bond donors (Lipinski definition) is 0. The summed E-state index contributed by atoms with van der Waals surface area (Å²) in [6, 6.07) is 13.9. The van der Waals surface area contributed by atoms with Crippen molar-refractivity contribution in [3.8, 4) is 0 Å². The second-order valence-electron chi connectivity index (χ2n) is 10.1. The summed E-state index contributed by atoms with van der Waals surface area (Å²) in [7, 11) is 0. The van der Waals surface area contributed by atoms with Crippen molar-refractivity contribution in [2.24, 2.45) is 41.4 Å². The summed E-state index contributed by atoms with van der Waals surface area (Å²) in [6.45, 7) is 0. The fraction of sp³-hybridized carbons (Fsp3) is 0.370. The maximum Gasteiger partial charge on any atom is 0.238 e. The molecule has 4 fully saturated rings. The van der Waals surface area contributed by atoms with E-state index in [1.165, 1.54) is 6.07 Å². The SMILES string of the molecule is O=C(c1ccccc1)C1CC1c1ccc(N2C(=O)[C@@H]3[C@@H]4C=CC([C@H]5C[C@@H]45)[C@@H]3C2=O)c(F)c1. The number of amides is 2. The Balaban J connectivity index is 1.15. The predicted molar refractivity (Wildman–Crippen MR) is 115 cm³/mol. The number of hydrogen-bond acceptors (Lipinski definition) is 3. The Morgan fingerprint density at radius 3 is 2.16 bits per heavy atom. The molecule has 5 heteroatoms. The van der Waals surface area contributed by atoms with Gasteiger partial charge < -0.3 is 0 Å². The molecule has 4 nitrogen and oxygen atoms in total. The van der Waals surface area contributed by atoms with Crippen molar-refractivity contribution in [3.05, 3.63) is 77.6 Å². The zero-order valence-corrected chi connectivity index (χ0v) is 17.4. The van der Waals surface area contributed by atoms with Crippen molar-refractivity contribution in [2.45, 2.75) is 18.8 Å². The molecule has 1 aliphatic heterocycles. The summed E-state index contributed by atoms with van der Waals surface area (Å²) in [5, 5.41) is 0. The monoisotopic (exact) mass is 427 g/mol. The minimum Gasteiger partial charge on any atom is -0.294 e. The molecule has 3 saturated carbocycles. The van der Waals surface area contributed by atoms with Gasteiger partial charge in [0.05, 0.1) is 17.5 Å². The second-order valence-corrected chi connectivity index (χ2v) is 10.1. The first kappa shape index (κ1) is 18.5. The molecule has 0 aromatic heterocycles. The molecule has 160 valence electrons. The van der Waals surface area contributed by atoms with Crippen molar-refractivity contribution in [3.63, 3.8) is 0 Å². The predicted octanol–water partition coefficient (Wildman–Crippen LogP) is 4.37. The molecule has 1 saturated heterocycles. The van der Waals surface area contributed by atoms with Crippen LogP contribution in [-0.4, -0.2) is 17.6 Å². The van der Waals surface area contributed by atoms with Crippen LogP contribution in [0.4, 0.5) is 10.1 Å². The Bertz CT molecular complexity index is 1180. The number of imide groups is 1. The lowest BCUT2D eigenvalue weighted by molar-refractivity contribution is -0.124. The van der Waals surface area contributed by atoms with Gasteiger partial charge in [-0.05, 0) is 60.1 Å². The first-order valence-corrected chi connectivity index (χ1v) is 11.5. The number of ketones is 1. The van der Waals surface area contributed by atoms with Crippen LogP contribution in [0.25, 0.3) is 0 Å². The van der Waals surface area contributed by atoms with E-state index in [2.05, 4.69) is 12.2 Å². The highest BCUT2D eigenvalue weighted by atomic mass is 19.1. The highest BCUT2D eigenvalue weighted by Crippen LogP contribution is 2.65. The number of benzene rings is 2. The van der Waals surface area contributed by atoms with E-state index in [0.717, 1.165) is 16.9 Å². The van der Waals surface area contributed by atoms with Gasteiger partial charge in [-0.25, -0.2) is 9.29 Å². The van der Waals surface area contributed by atoms with Crippen LogP contribution in [0.1, 0.15) is 34.7 Å². The molecule has 0 radical (unpaired) electrons. The van der Waals surface area contributed by atoms with Gasteiger partial charge >= 0.3 is 0 Å². The quantitative estimate of drug-likeness (QED) is 0.414. The van der Waals surface area contributed by atoms with Gasteiger partial charge in [0.15, 0.2) is 5.78 Å². The lowest BCUT2D eigenvalue weighted by Gasteiger charge is -2.37. The average molecular weight is 427 g/mol. The molecule has 0 spiro atoms. The number of anilines is 1. The molecule has 0 N–H and O–H groups in total. The van der Waals surface area contributed by atoms with Gasteiger partial charge in [-0.15, -0.1) is 0 Å². The van der Waals surface area contributed by atoms with Crippen LogP contribution in [0.5, 0.6) is 0 Å². The molecule has 5 aliphatic carbocycles. The lowest BCUT2D eigenvalue weighted by atomic mass is 9.63. The Hall–Kier alpha value is -3.08. The Labute approximate surface area is 185 Å². The van der Waals surface area contributed by atoms with Crippen molar-refractivity contribution in [1.29, 1.82) is 0 Å². The third-order valence-corrected chi connectivity index (χ3v) is 8.49. The largest absolute Gasteiger partial charge is 0.294 e. The zero-order chi connectivity index (χ0) is 21.7. The number of allylic oxidation sites excluding steroid dienone is 2. The zero-order valence-electron chi connectivity index (χ0n) is 17.4. The molecule has 6 aliphatic rings. The van der Waals surface area contributed by atoms with Crippen LogP contribution in [0.2, 0.25) is 0 Å². The van der Waals surface area contributed by atoms with E-state index in [0.29, 0.717) is 23.8 Å². The molecule has 2 amide bonds. The van der Waals surface area contributed by atoms with Crippen molar-refractivity contribution in [2.75, 3.05) is 4.90 Å². The van der Waals surface area contributed by atoms with E-state index in [9.17, 15) is 14.4 Å². The first-order chi connectivity index (χ1) is 15.5. The average Bonchev–Trinajstić information content (AvgIpc) is 3.73. The summed E-state index contributed by atoms with van der Waals surface area (Å²) < 4.78 is 15.2. The third-order valence-electron chi connectivity index (χ3n) is 8.49. The maximum absolute atomic E-state index is 15.2. The minimum absolute atomic E-state index is 0.0222. The van der Waals surface area contributed by atoms with Crippen LogP contribution < -0.4 is 4.90 Å². The van der Waals surface area contributed by atoms with Crippen LogP contribution in [0.3, 0.4) is 0 Å². The standard InChI is InChI=1S/C27H22FNO3/c28-21-10-14(17-11-20(17)25(30)13-4-2-1-3-5-13)6-9-22(21)29-26(31)23-15-7-8-16(19-12-18(15)19)24(23)27(29)32/h1-10,15-20,23-24H,11-12H2/t15-,16?,17?,18+,19-,20?,23-,24+/m1/s1. The molecular formula is C27H22FNO3. The fourth-order valence-corrected chi connectivity index (χ4v) is 6.80. The van der Waals surface area contributed by atoms with Crippen LogP contribution in [-0.2, 0) is 9.59 Å². The number of nitrogens with zero attached hydrogens (tertiary/aromatic N) is 1. The molecule has 8 rings (SSSR count). The number of halogens is 1. The highest BCUT2D eigenvalue weighted by Gasteiger charge is 2.67. The third kappa shape index (κ3) is 2.39. The van der Waals surface area contributed by atoms with Crippen molar-refractivity contribution >= 4 is 23.3 Å². The molecule has 2 aromatic rings. The molecule has 2 aromatic carbocycles. The Morgan fingerprint density at radius 2 is 1.53 bits per heavy atom. The lowest BCUT2D eigenvalue weighted by Crippen LogP contribution is -2.40. The van der Waals surface area contributed by atoms with Gasteiger partial charge in [-0.1, -0.05) is 48.6 Å². The van der Waals surface area contributed by atoms with Crippen LogP contribution in [0.15, 0.2) is 60.7 Å². The molecular weight excluding hydrogens is 405 g/mol. The van der Waals surface area contributed by atoms with E-state index >= 15 is 4.39 Å². The van der Waals surface area contributed by atoms with E-state index < -0.39 is 5.82 Å². The minimum atomic E-state index is -0.564. The number of Topliss-reactive ketones (excluding diaryl/α,β-unsaturated/α-hetero) is 1. The van der Waals surface area contributed by atoms with Gasteiger partial charge in [-0.2, -0.15) is 0 Å². The number of carbonyl (C=O) groups is 3. The molecule has 3 unspecified atom stereocenters. The van der Waals surface area contributed by atoms with Gasteiger partial charge in [0.25, 0.3) is 0 Å². The number of carbonyl (C=O) groups excluding carboxylic acids is 3. The maximum atomic E-state index is 15.2. The summed E-state index contributed by atoms with van der Waals surface area (Å²) >= 11 is 0. The Kier molecular flexibility index (Phi) is 3.61. The normalized spacial score (nSPS) is 38.0. The van der Waals surface area contributed by atoms with Crippen molar-refractivity contribution < 1.29 is 18.8 Å². The molecule has 8 atom stereocenters. The van der Waals surface area contributed by atoms with Crippen LogP contribution in [0, 0.1) is 47.2 Å². The van der Waals surface area contributed by atoms with Crippen LogP contribution >= 0.6 is 0 Å². The molecule has 1 heterocycles. The van der Waals surface area contributed by atoms with E-state index in [1.54, 1.807) is 24.3 Å². The summed E-state index contributed by atoms with van der Waals surface area (Å²) in [6.07, 6.45) is 6.02. The van der Waals surface area contributed by atoms with E-state index in [-0.39, 0.29) is 58.8 Å². The van der Waals surface area contributed by atoms with Gasteiger partial charge in [0.2, 0.25) is 11.8 Å². The molecule has 2 bridgehead atoms. The highest BCUT2D eigenvalue weighted by molar-refractivity contribution is 6.22. The second kappa shape index (κ2) is 6.25. The van der Waals surface area contributed by atoms with Gasteiger partial charge in [0, 0.05) is 11.5 Å². The topological polar surface area (TPSA) is 54.5 Å². The fourth-order valence-electron chi connectivity index (χ4n) is 6.80. The van der Waals surface area contributed by atoms with Gasteiger partial charge in [0.1, 0.15) is 5.82 Å².